The van der Waals surface area contributed by atoms with Crippen molar-refractivity contribution in [3.8, 4) is 46.0 Å². The summed E-state index contributed by atoms with van der Waals surface area (Å²) in [5.74, 6) is -3.14. The molecule has 8 N–H and O–H groups in total. The van der Waals surface area contributed by atoms with Crippen LogP contribution in [0.2, 0.25) is 0 Å². The average molecular weight is 879 g/mol. The lowest BCUT2D eigenvalue weighted by molar-refractivity contribution is -0.138. The molecule has 4 aromatic rings. The highest BCUT2D eigenvalue weighted by atomic mass is 16.5. The molecule has 64 heavy (non-hydrogen) atoms. The zero-order valence-electron chi connectivity index (χ0n) is 35.7. The maximum atomic E-state index is 13.8. The van der Waals surface area contributed by atoms with Crippen LogP contribution in [-0.2, 0) is 19.2 Å². The number of nitrogens with two attached hydrogens (primary N) is 1. The number of methoxy groups -OCH3 is 2. The van der Waals surface area contributed by atoms with Gasteiger partial charge < -0.3 is 55.6 Å². The van der Waals surface area contributed by atoms with Crippen molar-refractivity contribution >= 4 is 47.9 Å². The van der Waals surface area contributed by atoms with Crippen LogP contribution in [0.1, 0.15) is 47.9 Å². The minimum absolute atomic E-state index is 0.0261. The van der Waals surface area contributed by atoms with Gasteiger partial charge in [0.25, 0.3) is 11.8 Å². The molecule has 0 aliphatic rings. The first kappa shape index (κ1) is 48.9. The third-order valence-corrected chi connectivity index (χ3v) is 9.78. The molecule has 0 aliphatic carbocycles. The van der Waals surface area contributed by atoms with Crippen LogP contribution in [0.25, 0.3) is 24.3 Å². The fourth-order valence-corrected chi connectivity index (χ4v) is 6.25. The standard InChI is InChI=1S/C48H54N4O12/c1-63-43-31-35(9-17-39(43)55)11-19-45(59)50(26-5-23-49)24-3-4-25-51(46(60)20-12-36-10-18-40(56)44(32-36)64-2)27-6-28-52(47(61)21-13-33-7-15-37(53)41(57)29-33)48(62)22-14-34-8-16-38(54)42(58)30-34/h7-22,29-32,53-58H,3-6,23-28,49H2,1-2H3/b19-11+,20-12+,21-13+,22-14+. The van der Waals surface area contributed by atoms with Crippen molar-refractivity contribution in [3.63, 3.8) is 0 Å². The van der Waals surface area contributed by atoms with Crippen LogP contribution in [-0.4, -0.2) is 122 Å². The maximum absolute atomic E-state index is 13.8. The highest BCUT2D eigenvalue weighted by molar-refractivity contribution is 6.07. The van der Waals surface area contributed by atoms with Crippen molar-refractivity contribution in [1.29, 1.82) is 0 Å². The summed E-state index contributed by atoms with van der Waals surface area (Å²) in [6, 6.07) is 17.3. The van der Waals surface area contributed by atoms with Gasteiger partial charge >= 0.3 is 0 Å². The van der Waals surface area contributed by atoms with E-state index in [0.29, 0.717) is 61.2 Å². The van der Waals surface area contributed by atoms with Gasteiger partial charge in [-0.1, -0.05) is 24.3 Å². The number of benzene rings is 4. The molecular weight excluding hydrogens is 825 g/mol. The summed E-state index contributed by atoms with van der Waals surface area (Å²) < 4.78 is 10.4. The number of rotatable bonds is 22. The third kappa shape index (κ3) is 15.0. The minimum atomic E-state index is -0.712. The van der Waals surface area contributed by atoms with Gasteiger partial charge in [0.05, 0.1) is 14.2 Å². The fraction of sp³-hybridized carbons (Fsp3) is 0.250. The lowest BCUT2D eigenvalue weighted by atomic mass is 10.1. The van der Waals surface area contributed by atoms with Crippen LogP contribution >= 0.6 is 0 Å². The van der Waals surface area contributed by atoms with Gasteiger partial charge in [0.15, 0.2) is 46.0 Å². The van der Waals surface area contributed by atoms with E-state index in [9.17, 15) is 49.8 Å². The molecule has 4 aromatic carbocycles. The van der Waals surface area contributed by atoms with Gasteiger partial charge in [-0.15, -0.1) is 0 Å². The Hall–Kier alpha value is -7.72. The van der Waals surface area contributed by atoms with Crippen LogP contribution in [0.5, 0.6) is 46.0 Å². The van der Waals surface area contributed by atoms with Gasteiger partial charge in [0.2, 0.25) is 11.8 Å². The van der Waals surface area contributed by atoms with Crippen LogP contribution < -0.4 is 15.2 Å². The Morgan fingerprint density at radius 3 is 1.17 bits per heavy atom. The van der Waals surface area contributed by atoms with E-state index in [1.165, 1.54) is 87.1 Å². The molecule has 0 unspecified atom stereocenters. The summed E-state index contributed by atoms with van der Waals surface area (Å²) in [7, 11) is 2.84. The Kier molecular flexibility index (Phi) is 18.9. The van der Waals surface area contributed by atoms with Crippen molar-refractivity contribution in [2.75, 3.05) is 53.5 Å². The van der Waals surface area contributed by atoms with E-state index in [-0.39, 0.29) is 72.4 Å². The van der Waals surface area contributed by atoms with Crippen LogP contribution in [0.3, 0.4) is 0 Å². The normalized spacial score (nSPS) is 11.4. The molecule has 0 saturated heterocycles. The second-order valence-corrected chi connectivity index (χ2v) is 14.4. The molecule has 16 nitrogen and oxygen atoms in total. The van der Waals surface area contributed by atoms with E-state index in [1.54, 1.807) is 46.2 Å². The molecule has 0 spiro atoms. The van der Waals surface area contributed by atoms with Crippen LogP contribution in [0, 0.1) is 0 Å². The number of amides is 4. The minimum Gasteiger partial charge on any atom is -0.504 e. The molecule has 338 valence electrons. The van der Waals surface area contributed by atoms with Gasteiger partial charge in [0.1, 0.15) is 0 Å². The molecule has 0 fully saturated rings. The number of phenolic OH excluding ortho intramolecular Hbond substituents is 6. The zero-order chi connectivity index (χ0) is 46.6. The molecule has 4 amide bonds. The van der Waals surface area contributed by atoms with E-state index >= 15 is 0 Å². The number of imide groups is 1. The maximum Gasteiger partial charge on any atom is 0.253 e. The van der Waals surface area contributed by atoms with E-state index in [4.69, 9.17) is 15.2 Å². The summed E-state index contributed by atoms with van der Waals surface area (Å²) in [5, 5.41) is 59.1. The van der Waals surface area contributed by atoms with Gasteiger partial charge in [-0.3, -0.25) is 24.1 Å². The number of ether oxygens (including phenoxy) is 2. The SMILES string of the molecule is COc1cc(/C=C/C(=O)N(CCCN)CCCCN(CCCN(C(=O)/C=C/c2ccc(O)c(O)c2)C(=O)/C=C/c2ccc(O)c(O)c2)C(=O)/C=C/c2ccc(O)c(OC)c2)ccc1O. The predicted octanol–water partition coefficient (Wildman–Crippen LogP) is 5.62. The fourth-order valence-electron chi connectivity index (χ4n) is 6.25. The van der Waals surface area contributed by atoms with Crippen LogP contribution in [0.15, 0.2) is 97.1 Å². The molecule has 0 aliphatic heterocycles. The quantitative estimate of drug-likeness (QED) is 0.0288. The topological polar surface area (TPSA) is 244 Å². The molecule has 0 heterocycles. The second kappa shape index (κ2) is 24.7. The number of carbonyl (C=O) groups excluding carboxylic acids is 4. The summed E-state index contributed by atoms with van der Waals surface area (Å²) in [4.78, 5) is 58.4. The number of carbonyl (C=O) groups is 4. The molecule has 16 heteroatoms. The van der Waals surface area contributed by atoms with Crippen molar-refractivity contribution in [1.82, 2.24) is 14.7 Å². The number of aromatic hydroxyl groups is 6. The smallest absolute Gasteiger partial charge is 0.253 e. The average Bonchev–Trinajstić information content (AvgIpc) is 3.29. The van der Waals surface area contributed by atoms with Gasteiger partial charge in [-0.2, -0.15) is 0 Å². The van der Waals surface area contributed by atoms with Crippen LogP contribution in [0.4, 0.5) is 0 Å². The molecule has 0 aromatic heterocycles. The Bertz CT molecular complexity index is 2300. The summed E-state index contributed by atoms with van der Waals surface area (Å²) in [6.07, 6.45) is 12.7. The molecule has 0 bridgehead atoms. The monoisotopic (exact) mass is 878 g/mol. The van der Waals surface area contributed by atoms with Gasteiger partial charge in [0, 0.05) is 57.0 Å². The summed E-state index contributed by atoms with van der Waals surface area (Å²) in [6.45, 7) is 1.37. The van der Waals surface area contributed by atoms with Crippen molar-refractivity contribution < 1.29 is 59.3 Å². The van der Waals surface area contributed by atoms with Crippen molar-refractivity contribution in [3.05, 3.63) is 119 Å². The van der Waals surface area contributed by atoms with E-state index in [1.807, 2.05) is 0 Å². The molecule has 0 atom stereocenters. The first-order valence-corrected chi connectivity index (χ1v) is 20.4. The predicted molar refractivity (Wildman–Crippen MR) is 242 cm³/mol. The van der Waals surface area contributed by atoms with Gasteiger partial charge in [-0.25, -0.2) is 0 Å². The molecule has 4 rings (SSSR count). The van der Waals surface area contributed by atoms with E-state index in [2.05, 4.69) is 0 Å². The van der Waals surface area contributed by atoms with E-state index < -0.39 is 23.3 Å². The first-order valence-electron chi connectivity index (χ1n) is 20.4. The third-order valence-electron chi connectivity index (χ3n) is 9.78. The lowest BCUT2D eigenvalue weighted by Gasteiger charge is -2.25. The zero-order valence-corrected chi connectivity index (χ0v) is 35.7. The first-order chi connectivity index (χ1) is 30.7. The number of hydrogen-bond acceptors (Lipinski definition) is 13. The second-order valence-electron chi connectivity index (χ2n) is 14.4. The molecular formula is C48H54N4O12. The Labute approximate surface area is 371 Å². The van der Waals surface area contributed by atoms with Crippen molar-refractivity contribution in [2.24, 2.45) is 5.73 Å². The van der Waals surface area contributed by atoms with E-state index in [0.717, 1.165) is 17.1 Å². The summed E-state index contributed by atoms with van der Waals surface area (Å²) >= 11 is 0. The number of hydrogen-bond donors (Lipinski definition) is 7. The lowest BCUT2D eigenvalue weighted by Crippen LogP contribution is -2.38. The largest absolute Gasteiger partial charge is 0.504 e. The number of unbranched alkanes of at least 4 members (excludes halogenated alkanes) is 1. The Morgan fingerprint density at radius 1 is 0.453 bits per heavy atom. The highest BCUT2D eigenvalue weighted by Gasteiger charge is 2.20. The number of phenols is 6. The van der Waals surface area contributed by atoms with Crippen molar-refractivity contribution in [2.45, 2.75) is 25.7 Å². The summed E-state index contributed by atoms with van der Waals surface area (Å²) in [5.41, 5.74) is 7.75. The Balaban J connectivity index is 1.52. The number of nitrogens with zero attached hydrogens (tertiary/aromatic N) is 3. The highest BCUT2D eigenvalue weighted by Crippen LogP contribution is 2.29. The molecule has 0 radical (unpaired) electrons. The molecule has 0 saturated carbocycles. The Morgan fingerprint density at radius 2 is 0.797 bits per heavy atom. The van der Waals surface area contributed by atoms with Gasteiger partial charge in [-0.05, 0) is 127 Å².